The summed E-state index contributed by atoms with van der Waals surface area (Å²) in [5, 5.41) is 6.60. The van der Waals surface area contributed by atoms with Gasteiger partial charge in [0, 0.05) is 42.0 Å². The molecule has 1 atom stereocenters. The first-order valence-corrected chi connectivity index (χ1v) is 10.2. The highest BCUT2D eigenvalue weighted by atomic mass is 35.5. The monoisotopic (exact) mass is 396 g/mol. The molecule has 0 aliphatic carbocycles. The van der Waals surface area contributed by atoms with Gasteiger partial charge in [-0.3, -0.25) is 10.2 Å². The summed E-state index contributed by atoms with van der Waals surface area (Å²) in [6.07, 6.45) is 0. The molecule has 0 bridgehead atoms. The Morgan fingerprint density at radius 3 is 2.54 bits per heavy atom. The molecular weight excluding hydrogens is 376 g/mol. The van der Waals surface area contributed by atoms with E-state index >= 15 is 0 Å². The summed E-state index contributed by atoms with van der Waals surface area (Å²) < 4.78 is 28.1. The molecule has 1 aliphatic heterocycles. The number of carbonyl (C=O) groups is 1. The number of rotatable bonds is 5. The fourth-order valence-electron chi connectivity index (χ4n) is 2.86. The normalized spacial score (nSPS) is 17.2. The maximum Gasteiger partial charge on any atom is 0.252 e. The summed E-state index contributed by atoms with van der Waals surface area (Å²) in [6, 6.07) is 9.08. The first-order chi connectivity index (χ1) is 12.4. The van der Waals surface area contributed by atoms with Crippen molar-refractivity contribution in [2.45, 2.75) is 17.9 Å². The van der Waals surface area contributed by atoms with E-state index in [-0.39, 0.29) is 4.90 Å². The molecule has 0 spiro atoms. The SMILES string of the molecule is C[C@H](NS(=O)(=O)c1cccc2c(Cl)cccc12)C(=O)NN1CCNCC1. The quantitative estimate of drug-likeness (QED) is 0.704. The van der Waals surface area contributed by atoms with E-state index in [1.807, 2.05) is 0 Å². The summed E-state index contributed by atoms with van der Waals surface area (Å²) in [5.74, 6) is -0.395. The van der Waals surface area contributed by atoms with Crippen LogP contribution in [0.4, 0.5) is 0 Å². The van der Waals surface area contributed by atoms with Crippen LogP contribution in [0.1, 0.15) is 6.92 Å². The summed E-state index contributed by atoms with van der Waals surface area (Å²) in [4.78, 5) is 12.4. The van der Waals surface area contributed by atoms with Crippen molar-refractivity contribution in [3.63, 3.8) is 0 Å². The van der Waals surface area contributed by atoms with E-state index in [1.165, 1.54) is 13.0 Å². The second-order valence-electron chi connectivity index (χ2n) is 6.15. The van der Waals surface area contributed by atoms with Crippen LogP contribution < -0.4 is 15.5 Å². The third kappa shape index (κ3) is 4.16. The van der Waals surface area contributed by atoms with Gasteiger partial charge in [0.2, 0.25) is 10.0 Å². The Kier molecular flexibility index (Phi) is 5.79. The van der Waals surface area contributed by atoms with Gasteiger partial charge in [-0.15, -0.1) is 0 Å². The van der Waals surface area contributed by atoms with Gasteiger partial charge in [0.25, 0.3) is 5.91 Å². The molecule has 1 saturated heterocycles. The number of benzene rings is 2. The lowest BCUT2D eigenvalue weighted by Crippen LogP contribution is -2.56. The largest absolute Gasteiger partial charge is 0.314 e. The van der Waals surface area contributed by atoms with Gasteiger partial charge >= 0.3 is 0 Å². The lowest BCUT2D eigenvalue weighted by molar-refractivity contribution is -0.127. The lowest BCUT2D eigenvalue weighted by Gasteiger charge is -2.28. The van der Waals surface area contributed by atoms with E-state index in [2.05, 4.69) is 15.5 Å². The van der Waals surface area contributed by atoms with Gasteiger partial charge < -0.3 is 5.32 Å². The summed E-state index contributed by atoms with van der Waals surface area (Å²) in [5.41, 5.74) is 2.75. The summed E-state index contributed by atoms with van der Waals surface area (Å²) >= 11 is 6.15. The number of nitrogens with one attached hydrogen (secondary N) is 3. The number of hydrazine groups is 1. The minimum atomic E-state index is -3.89. The lowest BCUT2D eigenvalue weighted by atomic mass is 10.1. The molecule has 0 radical (unpaired) electrons. The average molecular weight is 397 g/mol. The molecule has 140 valence electrons. The Balaban J connectivity index is 1.78. The Hall–Kier alpha value is -1.71. The molecule has 7 nitrogen and oxygen atoms in total. The van der Waals surface area contributed by atoms with Crippen LogP contribution in [-0.4, -0.2) is 51.6 Å². The number of carbonyl (C=O) groups excluding carboxylic acids is 1. The van der Waals surface area contributed by atoms with Crippen LogP contribution in [0.15, 0.2) is 41.3 Å². The Morgan fingerprint density at radius 2 is 1.81 bits per heavy atom. The summed E-state index contributed by atoms with van der Waals surface area (Å²) in [7, 11) is -3.89. The Morgan fingerprint density at radius 1 is 1.15 bits per heavy atom. The predicted octanol–water partition coefficient (Wildman–Crippen LogP) is 1.10. The molecule has 9 heteroatoms. The van der Waals surface area contributed by atoms with Crippen molar-refractivity contribution in [1.29, 1.82) is 0 Å². The van der Waals surface area contributed by atoms with E-state index in [4.69, 9.17) is 11.6 Å². The van der Waals surface area contributed by atoms with Gasteiger partial charge in [-0.1, -0.05) is 35.9 Å². The van der Waals surface area contributed by atoms with E-state index in [1.54, 1.807) is 35.3 Å². The number of amides is 1. The molecule has 2 aromatic rings. The molecule has 0 unspecified atom stereocenters. The predicted molar refractivity (Wildman–Crippen MR) is 101 cm³/mol. The fourth-order valence-corrected chi connectivity index (χ4v) is 4.52. The maximum absolute atomic E-state index is 12.8. The van der Waals surface area contributed by atoms with E-state index in [0.29, 0.717) is 28.9 Å². The molecule has 26 heavy (non-hydrogen) atoms. The van der Waals surface area contributed by atoms with Crippen molar-refractivity contribution in [2.24, 2.45) is 0 Å². The Labute approximate surface area is 157 Å². The number of hydrogen-bond donors (Lipinski definition) is 3. The van der Waals surface area contributed by atoms with Gasteiger partial charge in [-0.2, -0.15) is 4.72 Å². The zero-order valence-corrected chi connectivity index (χ0v) is 15.9. The highest BCUT2D eigenvalue weighted by molar-refractivity contribution is 7.89. The molecule has 3 N–H and O–H groups in total. The van der Waals surface area contributed by atoms with Gasteiger partial charge in [-0.05, 0) is 19.1 Å². The number of halogens is 1. The standard InChI is InChI=1S/C17H21ClN4O3S/c1-12(17(23)20-22-10-8-19-9-11-22)21-26(24,25)16-7-3-4-13-14(16)5-2-6-15(13)18/h2-7,12,19,21H,8-11H2,1H3,(H,20,23)/t12-/m0/s1. The zero-order valence-electron chi connectivity index (χ0n) is 14.3. The molecule has 1 fully saturated rings. The van der Waals surface area contributed by atoms with Crippen LogP contribution in [-0.2, 0) is 14.8 Å². The van der Waals surface area contributed by atoms with Crippen LogP contribution in [0, 0.1) is 0 Å². The second-order valence-corrected chi connectivity index (χ2v) is 8.24. The average Bonchev–Trinajstić information content (AvgIpc) is 2.62. The van der Waals surface area contributed by atoms with Crippen LogP contribution in [0.3, 0.4) is 0 Å². The highest BCUT2D eigenvalue weighted by Crippen LogP contribution is 2.28. The molecule has 1 aliphatic rings. The number of fused-ring (bicyclic) bond motifs is 1. The molecule has 1 heterocycles. The first-order valence-electron chi connectivity index (χ1n) is 8.34. The van der Waals surface area contributed by atoms with Crippen molar-refractivity contribution in [3.8, 4) is 0 Å². The third-order valence-electron chi connectivity index (χ3n) is 4.23. The number of nitrogens with zero attached hydrogens (tertiary/aromatic N) is 1. The molecule has 0 saturated carbocycles. The highest BCUT2D eigenvalue weighted by Gasteiger charge is 2.25. The van der Waals surface area contributed by atoms with Crippen molar-refractivity contribution >= 4 is 38.3 Å². The topological polar surface area (TPSA) is 90.5 Å². The van der Waals surface area contributed by atoms with Crippen LogP contribution >= 0.6 is 11.6 Å². The third-order valence-corrected chi connectivity index (χ3v) is 6.16. The second kappa shape index (κ2) is 7.89. The number of sulfonamides is 1. The first kappa shape index (κ1) is 19.1. The van der Waals surface area contributed by atoms with Gasteiger partial charge in [0.05, 0.1) is 10.9 Å². The fraction of sp³-hybridized carbons (Fsp3) is 0.353. The minimum absolute atomic E-state index is 0.0966. The molecule has 3 rings (SSSR count). The van der Waals surface area contributed by atoms with Crippen LogP contribution in [0.25, 0.3) is 10.8 Å². The molecule has 2 aromatic carbocycles. The molecule has 0 aromatic heterocycles. The van der Waals surface area contributed by atoms with Crippen molar-refractivity contribution in [1.82, 2.24) is 20.5 Å². The molecule has 1 amide bonds. The van der Waals surface area contributed by atoms with Gasteiger partial charge in [0.15, 0.2) is 0 Å². The van der Waals surface area contributed by atoms with Gasteiger partial charge in [0.1, 0.15) is 0 Å². The van der Waals surface area contributed by atoms with E-state index in [9.17, 15) is 13.2 Å². The van der Waals surface area contributed by atoms with Crippen molar-refractivity contribution in [2.75, 3.05) is 26.2 Å². The van der Waals surface area contributed by atoms with Crippen LogP contribution in [0.5, 0.6) is 0 Å². The minimum Gasteiger partial charge on any atom is -0.314 e. The van der Waals surface area contributed by atoms with Gasteiger partial charge in [-0.25, -0.2) is 13.4 Å². The van der Waals surface area contributed by atoms with Crippen molar-refractivity contribution in [3.05, 3.63) is 41.4 Å². The summed E-state index contributed by atoms with van der Waals surface area (Å²) in [6.45, 7) is 4.42. The van der Waals surface area contributed by atoms with Crippen LogP contribution in [0.2, 0.25) is 5.02 Å². The smallest absolute Gasteiger partial charge is 0.252 e. The van der Waals surface area contributed by atoms with Crippen molar-refractivity contribution < 1.29 is 13.2 Å². The maximum atomic E-state index is 12.8. The van der Waals surface area contributed by atoms with E-state index < -0.39 is 22.0 Å². The Bertz CT molecular complexity index is 913. The molecular formula is C17H21ClN4O3S. The number of hydrogen-bond acceptors (Lipinski definition) is 5. The van der Waals surface area contributed by atoms with E-state index in [0.717, 1.165) is 13.1 Å². The number of piperazine rings is 1. The zero-order chi connectivity index (χ0) is 18.7.